The molecule has 0 aromatic carbocycles. The van der Waals surface area contributed by atoms with Gasteiger partial charge in [-0.3, -0.25) is 14.6 Å². The maximum absolute atomic E-state index is 12.7. The van der Waals surface area contributed by atoms with Crippen LogP contribution in [-0.4, -0.2) is 44.4 Å². The largest absolute Gasteiger partial charge is 0.349 e. The molecule has 1 N–H and O–H groups in total. The number of rotatable bonds is 4. The minimum atomic E-state index is -0.0791. The second-order valence-electron chi connectivity index (χ2n) is 6.92. The van der Waals surface area contributed by atoms with E-state index in [0.717, 1.165) is 25.7 Å². The molecule has 0 aliphatic carbocycles. The van der Waals surface area contributed by atoms with Crippen LogP contribution in [0.5, 0.6) is 0 Å². The van der Waals surface area contributed by atoms with Crippen LogP contribution < -0.4 is 5.32 Å². The van der Waals surface area contributed by atoms with Crippen molar-refractivity contribution in [3.63, 3.8) is 0 Å². The van der Waals surface area contributed by atoms with E-state index in [-0.39, 0.29) is 29.9 Å². The van der Waals surface area contributed by atoms with Crippen molar-refractivity contribution < 1.29 is 9.59 Å². The molecule has 0 radical (unpaired) electrons. The highest BCUT2D eigenvalue weighted by molar-refractivity contribution is 5.94. The Morgan fingerprint density at radius 3 is 2.48 bits per heavy atom. The summed E-state index contributed by atoms with van der Waals surface area (Å²) in [5, 5.41) is 3.12. The van der Waals surface area contributed by atoms with Crippen LogP contribution in [0.15, 0.2) is 49.1 Å². The maximum atomic E-state index is 12.7. The summed E-state index contributed by atoms with van der Waals surface area (Å²) < 4.78 is 1.91. The molecule has 25 heavy (non-hydrogen) atoms. The monoisotopic (exact) mass is 338 g/mol. The summed E-state index contributed by atoms with van der Waals surface area (Å²) in [6.07, 6.45) is 10.8. The summed E-state index contributed by atoms with van der Waals surface area (Å²) in [6, 6.07) is 8.00. The van der Waals surface area contributed by atoms with Crippen molar-refractivity contribution in [3.05, 3.63) is 54.6 Å². The number of pyridine rings is 1. The normalized spacial score (nSPS) is 25.0. The van der Waals surface area contributed by atoms with Crippen molar-refractivity contribution >= 4 is 11.8 Å². The number of carbonyl (C=O) groups excluding carboxylic acids is 2. The lowest BCUT2D eigenvalue weighted by atomic mass is 9.96. The summed E-state index contributed by atoms with van der Waals surface area (Å²) in [6.45, 7) is 0.396. The van der Waals surface area contributed by atoms with Crippen molar-refractivity contribution in [1.82, 2.24) is 19.8 Å². The Labute approximate surface area is 146 Å². The van der Waals surface area contributed by atoms with Gasteiger partial charge in [0.05, 0.1) is 5.56 Å². The van der Waals surface area contributed by atoms with Gasteiger partial charge >= 0.3 is 0 Å². The van der Waals surface area contributed by atoms with Gasteiger partial charge in [0, 0.05) is 42.9 Å². The van der Waals surface area contributed by atoms with Crippen LogP contribution in [0.2, 0.25) is 0 Å². The Kier molecular flexibility index (Phi) is 4.26. The summed E-state index contributed by atoms with van der Waals surface area (Å²) >= 11 is 0. The first kappa shape index (κ1) is 15.9. The SMILES string of the molecule is O=C(NC1CC2CCC(C1)N2C(=O)Cn1cccc1)c1cccnc1. The lowest BCUT2D eigenvalue weighted by molar-refractivity contribution is -0.136. The van der Waals surface area contributed by atoms with Crippen LogP contribution in [0, 0.1) is 0 Å². The van der Waals surface area contributed by atoms with Gasteiger partial charge in [0.25, 0.3) is 5.91 Å². The van der Waals surface area contributed by atoms with E-state index in [0.29, 0.717) is 12.1 Å². The predicted molar refractivity (Wildman–Crippen MR) is 92.8 cm³/mol. The predicted octanol–water partition coefficient (Wildman–Crippen LogP) is 1.84. The van der Waals surface area contributed by atoms with Crippen LogP contribution in [0.25, 0.3) is 0 Å². The lowest BCUT2D eigenvalue weighted by Gasteiger charge is -2.39. The molecule has 0 spiro atoms. The number of nitrogens with zero attached hydrogens (tertiary/aromatic N) is 3. The first-order valence-corrected chi connectivity index (χ1v) is 8.83. The number of aromatic nitrogens is 2. The molecule has 2 unspecified atom stereocenters. The average Bonchev–Trinajstić information content (AvgIpc) is 3.22. The number of hydrogen-bond donors (Lipinski definition) is 1. The molecule has 2 atom stereocenters. The van der Waals surface area contributed by atoms with E-state index in [1.165, 1.54) is 0 Å². The molecule has 2 fully saturated rings. The topological polar surface area (TPSA) is 67.2 Å². The minimum absolute atomic E-state index is 0.0791. The van der Waals surface area contributed by atoms with E-state index < -0.39 is 0 Å². The summed E-state index contributed by atoms with van der Waals surface area (Å²) in [5.74, 6) is 0.102. The molecule has 2 amide bonds. The fourth-order valence-electron chi connectivity index (χ4n) is 4.18. The number of carbonyl (C=O) groups is 2. The summed E-state index contributed by atoms with van der Waals surface area (Å²) in [4.78, 5) is 31.1. The van der Waals surface area contributed by atoms with Gasteiger partial charge in [-0.1, -0.05) is 0 Å². The van der Waals surface area contributed by atoms with Crippen molar-refractivity contribution in [2.24, 2.45) is 0 Å². The fraction of sp³-hybridized carbons (Fsp3) is 0.421. The standard InChI is InChI=1S/C19H22N4O2/c24-18(13-22-8-1-2-9-22)23-16-5-6-17(23)11-15(10-16)21-19(25)14-4-3-7-20-12-14/h1-4,7-9,12,15-17H,5-6,10-11,13H2,(H,21,25). The van der Waals surface area contributed by atoms with Crippen molar-refractivity contribution in [2.75, 3.05) is 0 Å². The molecule has 0 saturated carbocycles. The van der Waals surface area contributed by atoms with Gasteiger partial charge in [0.2, 0.25) is 5.91 Å². The van der Waals surface area contributed by atoms with E-state index in [2.05, 4.69) is 15.2 Å². The molecule has 2 aliphatic heterocycles. The van der Waals surface area contributed by atoms with E-state index in [1.54, 1.807) is 24.5 Å². The van der Waals surface area contributed by atoms with Crippen molar-refractivity contribution in [3.8, 4) is 0 Å². The van der Waals surface area contributed by atoms with Gasteiger partial charge in [-0.2, -0.15) is 0 Å². The summed E-state index contributed by atoms with van der Waals surface area (Å²) in [7, 11) is 0. The second-order valence-corrected chi connectivity index (χ2v) is 6.92. The Bertz CT molecular complexity index is 730. The smallest absolute Gasteiger partial charge is 0.253 e. The van der Waals surface area contributed by atoms with E-state index >= 15 is 0 Å². The number of piperidine rings is 1. The van der Waals surface area contributed by atoms with E-state index in [9.17, 15) is 9.59 Å². The van der Waals surface area contributed by atoms with E-state index in [1.807, 2.05) is 29.1 Å². The van der Waals surface area contributed by atoms with Gasteiger partial charge in [-0.15, -0.1) is 0 Å². The highest BCUT2D eigenvalue weighted by Crippen LogP contribution is 2.36. The Morgan fingerprint density at radius 2 is 1.84 bits per heavy atom. The highest BCUT2D eigenvalue weighted by Gasteiger charge is 2.43. The van der Waals surface area contributed by atoms with E-state index in [4.69, 9.17) is 0 Å². The Balaban J connectivity index is 1.38. The van der Waals surface area contributed by atoms with Crippen LogP contribution in [0.4, 0.5) is 0 Å². The van der Waals surface area contributed by atoms with Gasteiger partial charge in [0.15, 0.2) is 0 Å². The second kappa shape index (κ2) is 6.70. The highest BCUT2D eigenvalue weighted by atomic mass is 16.2. The van der Waals surface area contributed by atoms with Crippen molar-refractivity contribution in [1.29, 1.82) is 0 Å². The third-order valence-electron chi connectivity index (χ3n) is 5.26. The number of nitrogens with one attached hydrogen (secondary N) is 1. The molecule has 130 valence electrons. The van der Waals surface area contributed by atoms with Gasteiger partial charge in [0.1, 0.15) is 6.54 Å². The third-order valence-corrected chi connectivity index (χ3v) is 5.26. The molecule has 4 heterocycles. The third kappa shape index (κ3) is 3.29. The minimum Gasteiger partial charge on any atom is -0.349 e. The zero-order valence-corrected chi connectivity index (χ0v) is 14.0. The molecule has 2 aliphatic rings. The molecule has 4 rings (SSSR count). The number of fused-ring (bicyclic) bond motifs is 2. The van der Waals surface area contributed by atoms with Gasteiger partial charge in [-0.05, 0) is 49.9 Å². The molecule has 6 nitrogen and oxygen atoms in total. The molecule has 2 saturated heterocycles. The molecular formula is C19H22N4O2. The van der Waals surface area contributed by atoms with Crippen LogP contribution in [0.3, 0.4) is 0 Å². The van der Waals surface area contributed by atoms with Crippen LogP contribution >= 0.6 is 0 Å². The van der Waals surface area contributed by atoms with Crippen molar-refractivity contribution in [2.45, 2.75) is 50.4 Å². The van der Waals surface area contributed by atoms with Gasteiger partial charge < -0.3 is 14.8 Å². The molecular weight excluding hydrogens is 316 g/mol. The Hall–Kier alpha value is -2.63. The average molecular weight is 338 g/mol. The fourth-order valence-corrected chi connectivity index (χ4v) is 4.18. The first-order valence-electron chi connectivity index (χ1n) is 8.83. The quantitative estimate of drug-likeness (QED) is 0.925. The molecule has 2 bridgehead atoms. The first-order chi connectivity index (χ1) is 12.2. The number of amides is 2. The molecule has 2 aromatic rings. The molecule has 2 aromatic heterocycles. The van der Waals surface area contributed by atoms with Crippen LogP contribution in [0.1, 0.15) is 36.0 Å². The van der Waals surface area contributed by atoms with Crippen LogP contribution in [-0.2, 0) is 11.3 Å². The zero-order chi connectivity index (χ0) is 17.2. The zero-order valence-electron chi connectivity index (χ0n) is 14.0. The number of hydrogen-bond acceptors (Lipinski definition) is 3. The maximum Gasteiger partial charge on any atom is 0.253 e. The molecule has 6 heteroatoms. The van der Waals surface area contributed by atoms with Gasteiger partial charge in [-0.25, -0.2) is 0 Å². The summed E-state index contributed by atoms with van der Waals surface area (Å²) in [5.41, 5.74) is 0.584. The lowest BCUT2D eigenvalue weighted by Crippen LogP contribution is -2.53. The Morgan fingerprint density at radius 1 is 1.12 bits per heavy atom.